The van der Waals surface area contributed by atoms with Gasteiger partial charge in [0.1, 0.15) is 6.17 Å². The van der Waals surface area contributed by atoms with Gasteiger partial charge in [-0.2, -0.15) is 11.0 Å². The Morgan fingerprint density at radius 3 is 2.19 bits per heavy atom. The van der Waals surface area contributed by atoms with E-state index in [2.05, 4.69) is 31.8 Å². The lowest BCUT2D eigenvalue weighted by molar-refractivity contribution is -0.0252. The Bertz CT molecular complexity index is 137. The first-order chi connectivity index (χ1) is 7.85. The number of rotatable bonds is 12. The Labute approximate surface area is 101 Å². The molecular weight excluding hydrogens is 224 g/mol. The molecule has 0 heterocycles. The average Bonchev–Trinajstić information content (AvgIpc) is 2.28. The monoisotopic (exact) mass is 247 g/mol. The van der Waals surface area contributed by atoms with Gasteiger partial charge in [-0.25, -0.2) is 0 Å². The Balaban J connectivity index is 3.25. The van der Waals surface area contributed by atoms with E-state index in [1.807, 2.05) is 0 Å². The lowest BCUT2D eigenvalue weighted by atomic mass is 10.4. The van der Waals surface area contributed by atoms with E-state index in [-0.39, 0.29) is 6.17 Å². The molecule has 0 spiro atoms. The van der Waals surface area contributed by atoms with Crippen molar-refractivity contribution in [2.24, 2.45) is 0 Å². The summed E-state index contributed by atoms with van der Waals surface area (Å²) in [7, 11) is 6.58. The highest BCUT2D eigenvalue weighted by molar-refractivity contribution is 6.08. The zero-order valence-corrected chi connectivity index (χ0v) is 11.1. The van der Waals surface area contributed by atoms with Crippen molar-refractivity contribution < 1.29 is 9.68 Å². The van der Waals surface area contributed by atoms with Gasteiger partial charge in [0.25, 0.3) is 0 Å². The Morgan fingerprint density at radius 2 is 1.62 bits per heavy atom. The van der Waals surface area contributed by atoms with Gasteiger partial charge in [-0.05, 0) is 13.0 Å². The van der Waals surface area contributed by atoms with Crippen LogP contribution in [0.25, 0.3) is 0 Å². The summed E-state index contributed by atoms with van der Waals surface area (Å²) in [5.74, 6) is 0. The lowest BCUT2D eigenvalue weighted by Crippen LogP contribution is -2.48. The van der Waals surface area contributed by atoms with Gasteiger partial charge in [0.15, 0.2) is 0 Å². The van der Waals surface area contributed by atoms with Crippen LogP contribution in [0.15, 0.2) is 0 Å². The topological polar surface area (TPSA) is 66.6 Å². The molecule has 0 aromatic rings. The summed E-state index contributed by atoms with van der Waals surface area (Å²) in [6.45, 7) is 3.64. The molecule has 95 valence electrons. The van der Waals surface area contributed by atoms with Crippen LogP contribution in [0.3, 0.4) is 0 Å². The van der Waals surface area contributed by atoms with Crippen LogP contribution in [0.5, 0.6) is 0 Å². The summed E-state index contributed by atoms with van der Waals surface area (Å²) in [5, 5.41) is 6.60. The summed E-state index contributed by atoms with van der Waals surface area (Å²) in [4.78, 5) is 9.63. The zero-order valence-electron chi connectivity index (χ0n) is 10.1. The summed E-state index contributed by atoms with van der Waals surface area (Å²) in [6, 6.07) is 1.04. The molecule has 0 amide bonds. The third-order valence-corrected chi connectivity index (χ3v) is 2.23. The molecule has 0 rings (SSSR count). The molecule has 0 unspecified atom stereocenters. The van der Waals surface area contributed by atoms with Gasteiger partial charge in [-0.1, -0.05) is 6.04 Å². The minimum absolute atomic E-state index is 0.0581. The van der Waals surface area contributed by atoms with Crippen molar-refractivity contribution in [3.05, 3.63) is 0 Å². The first kappa shape index (κ1) is 16.0. The second-order valence-electron chi connectivity index (χ2n) is 3.25. The van der Waals surface area contributed by atoms with Crippen molar-refractivity contribution in [1.29, 1.82) is 0 Å². The molecule has 0 atom stereocenters. The molecule has 4 N–H and O–H groups in total. The summed E-state index contributed by atoms with van der Waals surface area (Å²) in [5.41, 5.74) is 5.54. The van der Waals surface area contributed by atoms with Gasteiger partial charge in [0, 0.05) is 29.9 Å². The first-order valence-corrected chi connectivity index (χ1v) is 6.19. The van der Waals surface area contributed by atoms with Crippen LogP contribution >= 0.6 is 0 Å². The van der Waals surface area contributed by atoms with E-state index in [0.717, 1.165) is 38.6 Å². The van der Waals surface area contributed by atoms with Gasteiger partial charge in [0.05, 0.1) is 14.2 Å². The van der Waals surface area contributed by atoms with Crippen LogP contribution in [-0.2, 0) is 9.68 Å². The van der Waals surface area contributed by atoms with Gasteiger partial charge in [0.2, 0.25) is 0 Å². The van der Waals surface area contributed by atoms with Crippen LogP contribution < -0.4 is 21.6 Å². The molecule has 0 fully saturated rings. The number of hydrogen-bond donors (Lipinski definition) is 4. The van der Waals surface area contributed by atoms with E-state index in [0.29, 0.717) is 0 Å². The molecule has 0 aliphatic carbocycles. The summed E-state index contributed by atoms with van der Waals surface area (Å²) < 4.78 is 0. The van der Waals surface area contributed by atoms with Gasteiger partial charge < -0.3 is 20.3 Å². The summed E-state index contributed by atoms with van der Waals surface area (Å²) >= 11 is 0. The highest BCUT2D eigenvalue weighted by atomic mass is 28.1. The standard InChI is InChI=1S/C9H23N4O2Si/c1-14-12-9(13-15-2)8-11-6-5-10-4-3-7-16/h9-13H,3-8H2,1-2H3. The number of nitrogens with one attached hydrogen (secondary N) is 4. The molecule has 0 saturated carbocycles. The van der Waals surface area contributed by atoms with E-state index in [1.165, 1.54) is 0 Å². The fraction of sp³-hybridized carbons (Fsp3) is 1.00. The average molecular weight is 247 g/mol. The fourth-order valence-corrected chi connectivity index (χ4v) is 1.33. The Kier molecular flexibility index (Phi) is 13.0. The van der Waals surface area contributed by atoms with Crippen LogP contribution in [0, 0.1) is 0 Å². The van der Waals surface area contributed by atoms with Crippen LogP contribution in [0.4, 0.5) is 0 Å². The minimum Gasteiger partial charge on any atom is -0.315 e. The normalized spacial score (nSPS) is 11.2. The summed E-state index contributed by atoms with van der Waals surface area (Å²) in [6.07, 6.45) is 1.09. The van der Waals surface area contributed by atoms with E-state index < -0.39 is 0 Å². The third kappa shape index (κ3) is 10.5. The molecule has 0 aromatic carbocycles. The first-order valence-electron chi connectivity index (χ1n) is 5.48. The van der Waals surface area contributed by atoms with Crippen molar-refractivity contribution in [1.82, 2.24) is 21.6 Å². The van der Waals surface area contributed by atoms with Crippen molar-refractivity contribution in [3.63, 3.8) is 0 Å². The fourth-order valence-electron chi connectivity index (χ4n) is 1.15. The Hall–Kier alpha value is -0.0231. The SMILES string of the molecule is CONC(CNCCNCCC[Si])NOC. The van der Waals surface area contributed by atoms with E-state index in [4.69, 9.17) is 9.68 Å². The predicted molar refractivity (Wildman–Crippen MR) is 65.0 cm³/mol. The van der Waals surface area contributed by atoms with Crippen LogP contribution in [-0.4, -0.2) is 56.8 Å². The Morgan fingerprint density at radius 1 is 1.00 bits per heavy atom. The molecule has 6 nitrogen and oxygen atoms in total. The number of hydrogen-bond acceptors (Lipinski definition) is 6. The van der Waals surface area contributed by atoms with Crippen molar-refractivity contribution in [2.75, 3.05) is 40.4 Å². The minimum atomic E-state index is -0.0581. The molecule has 0 saturated heterocycles. The largest absolute Gasteiger partial charge is 0.315 e. The van der Waals surface area contributed by atoms with E-state index in [1.54, 1.807) is 14.2 Å². The third-order valence-electron chi connectivity index (χ3n) is 1.88. The van der Waals surface area contributed by atoms with Crippen molar-refractivity contribution in [2.45, 2.75) is 18.6 Å². The molecule has 3 radical (unpaired) electrons. The highest BCUT2D eigenvalue weighted by Gasteiger charge is 2.04. The van der Waals surface area contributed by atoms with Crippen LogP contribution in [0.2, 0.25) is 6.04 Å². The van der Waals surface area contributed by atoms with Gasteiger partial charge in [-0.3, -0.25) is 0 Å². The van der Waals surface area contributed by atoms with E-state index >= 15 is 0 Å². The maximum absolute atomic E-state index is 4.81. The maximum atomic E-state index is 4.81. The quantitative estimate of drug-likeness (QED) is 0.150. The van der Waals surface area contributed by atoms with Crippen molar-refractivity contribution in [3.8, 4) is 0 Å². The number of hydroxylamine groups is 2. The molecule has 0 aliphatic heterocycles. The molecule has 16 heavy (non-hydrogen) atoms. The zero-order chi connectivity index (χ0) is 12.1. The van der Waals surface area contributed by atoms with Gasteiger partial charge >= 0.3 is 0 Å². The molecule has 0 bridgehead atoms. The predicted octanol–water partition coefficient (Wildman–Crippen LogP) is -1.23. The van der Waals surface area contributed by atoms with Crippen LogP contribution in [0.1, 0.15) is 6.42 Å². The molecule has 0 aromatic heterocycles. The maximum Gasteiger partial charge on any atom is 0.117 e. The molecule has 7 heteroatoms. The van der Waals surface area contributed by atoms with Gasteiger partial charge in [-0.15, -0.1) is 0 Å². The lowest BCUT2D eigenvalue weighted by Gasteiger charge is -2.17. The molecular formula is C9H23N4O2Si. The van der Waals surface area contributed by atoms with Crippen molar-refractivity contribution >= 4 is 10.2 Å². The second kappa shape index (κ2) is 13.0. The highest BCUT2D eigenvalue weighted by Crippen LogP contribution is 1.79. The smallest absolute Gasteiger partial charge is 0.117 e. The van der Waals surface area contributed by atoms with E-state index in [9.17, 15) is 0 Å². The second-order valence-corrected chi connectivity index (χ2v) is 3.75. The molecule has 0 aliphatic rings.